The number of hydrogen-bond acceptors (Lipinski definition) is 4. The third kappa shape index (κ3) is 4.07. The molecule has 1 fully saturated rings. The van der Waals surface area contributed by atoms with E-state index in [0.29, 0.717) is 17.9 Å². The van der Waals surface area contributed by atoms with Gasteiger partial charge in [0.1, 0.15) is 5.75 Å². The number of nitrogens with zero attached hydrogens (tertiary/aromatic N) is 1. The van der Waals surface area contributed by atoms with E-state index < -0.39 is 10.0 Å². The van der Waals surface area contributed by atoms with E-state index in [9.17, 15) is 13.2 Å². The van der Waals surface area contributed by atoms with Crippen LogP contribution >= 0.6 is 0 Å². The first-order valence-electron chi connectivity index (χ1n) is 10.3. The van der Waals surface area contributed by atoms with Crippen molar-refractivity contribution in [1.82, 2.24) is 5.32 Å². The second-order valence-electron chi connectivity index (χ2n) is 7.69. The molecule has 1 aliphatic carbocycles. The molecule has 1 atom stereocenters. The molecule has 0 radical (unpaired) electrons. The summed E-state index contributed by atoms with van der Waals surface area (Å²) >= 11 is 0. The van der Waals surface area contributed by atoms with E-state index in [1.165, 1.54) is 23.2 Å². The van der Waals surface area contributed by atoms with Gasteiger partial charge in [-0.15, -0.1) is 0 Å². The largest absolute Gasteiger partial charge is 0.490 e. The lowest BCUT2D eigenvalue weighted by molar-refractivity contribution is -0.117. The average Bonchev–Trinajstić information content (AvgIpc) is 3.27. The van der Waals surface area contributed by atoms with Crippen molar-refractivity contribution in [3.63, 3.8) is 0 Å². The van der Waals surface area contributed by atoms with Crippen LogP contribution in [0.25, 0.3) is 0 Å². The van der Waals surface area contributed by atoms with Crippen LogP contribution in [0.15, 0.2) is 66.1 Å². The predicted octanol–water partition coefficient (Wildman–Crippen LogP) is 3.95. The van der Waals surface area contributed by atoms with Gasteiger partial charge in [0.15, 0.2) is 0 Å². The van der Waals surface area contributed by atoms with Gasteiger partial charge in [0.05, 0.1) is 22.7 Å². The summed E-state index contributed by atoms with van der Waals surface area (Å²) in [4.78, 5) is 12.0. The summed E-state index contributed by atoms with van der Waals surface area (Å²) in [5.41, 5.74) is 1.37. The molecule has 2 aromatic carbocycles. The number of rotatable bonds is 6. The topological polar surface area (TPSA) is 75.7 Å². The molecule has 0 bridgehead atoms. The van der Waals surface area contributed by atoms with Crippen LogP contribution in [0.2, 0.25) is 0 Å². The van der Waals surface area contributed by atoms with E-state index in [2.05, 4.69) is 11.9 Å². The summed E-state index contributed by atoms with van der Waals surface area (Å²) in [6, 6.07) is 13.7. The Morgan fingerprint density at radius 1 is 1.07 bits per heavy atom. The number of sulfonamides is 1. The van der Waals surface area contributed by atoms with Crippen LogP contribution in [0.1, 0.15) is 43.7 Å². The van der Waals surface area contributed by atoms with Crippen molar-refractivity contribution in [1.29, 1.82) is 0 Å². The van der Waals surface area contributed by atoms with Crippen LogP contribution < -0.4 is 14.4 Å². The van der Waals surface area contributed by atoms with Gasteiger partial charge in [-0.3, -0.25) is 9.10 Å². The minimum atomic E-state index is -3.73. The van der Waals surface area contributed by atoms with Crippen molar-refractivity contribution < 1.29 is 17.9 Å². The predicted molar refractivity (Wildman–Crippen MR) is 116 cm³/mol. The number of para-hydroxylation sites is 1. The molecule has 7 heteroatoms. The summed E-state index contributed by atoms with van der Waals surface area (Å²) in [6.45, 7) is 3.77. The lowest BCUT2D eigenvalue weighted by Gasteiger charge is -2.35. The highest BCUT2D eigenvalue weighted by Gasteiger charge is 2.33. The van der Waals surface area contributed by atoms with Crippen LogP contribution in [0.4, 0.5) is 5.69 Å². The van der Waals surface area contributed by atoms with E-state index >= 15 is 0 Å². The van der Waals surface area contributed by atoms with Crippen LogP contribution in [0.3, 0.4) is 0 Å². The van der Waals surface area contributed by atoms with Crippen molar-refractivity contribution in [3.8, 4) is 5.75 Å². The van der Waals surface area contributed by atoms with Gasteiger partial charge in [0.25, 0.3) is 10.0 Å². The standard InChI is InChI=1S/C23H26N2O4S/c1-2-23(26)24-21-15-16-25(22-10-6-5-9-20(21)22)30(27,28)19-13-11-18(12-14-19)29-17-7-3-4-8-17/h2,5-6,9-14,17,21H,1,3-4,7-8,15-16H2,(H,24,26). The molecule has 0 spiro atoms. The summed E-state index contributed by atoms with van der Waals surface area (Å²) in [6.07, 6.45) is 6.39. The Morgan fingerprint density at radius 3 is 2.47 bits per heavy atom. The van der Waals surface area contributed by atoms with Crippen LogP contribution in [-0.4, -0.2) is 27.0 Å². The maximum Gasteiger partial charge on any atom is 0.264 e. The fraction of sp³-hybridized carbons (Fsp3) is 0.348. The fourth-order valence-electron chi connectivity index (χ4n) is 4.18. The Hall–Kier alpha value is -2.80. The minimum absolute atomic E-state index is 0.226. The first-order chi connectivity index (χ1) is 14.5. The average molecular weight is 427 g/mol. The van der Waals surface area contributed by atoms with Gasteiger partial charge in [-0.25, -0.2) is 8.42 Å². The molecular weight excluding hydrogens is 400 g/mol. The maximum absolute atomic E-state index is 13.4. The number of carbonyl (C=O) groups is 1. The van der Waals surface area contributed by atoms with Crippen LogP contribution in [0.5, 0.6) is 5.75 Å². The lowest BCUT2D eigenvalue weighted by atomic mass is 9.98. The minimum Gasteiger partial charge on any atom is -0.490 e. The number of anilines is 1. The second kappa shape index (κ2) is 8.52. The molecule has 4 rings (SSSR count). The van der Waals surface area contributed by atoms with Crippen LogP contribution in [0, 0.1) is 0 Å². The number of carbonyl (C=O) groups excluding carboxylic acids is 1. The molecule has 30 heavy (non-hydrogen) atoms. The molecule has 6 nitrogen and oxygen atoms in total. The van der Waals surface area contributed by atoms with Gasteiger partial charge >= 0.3 is 0 Å². The molecule has 1 saturated carbocycles. The number of hydrogen-bond donors (Lipinski definition) is 1. The molecule has 0 saturated heterocycles. The first kappa shape index (κ1) is 20.5. The lowest BCUT2D eigenvalue weighted by Crippen LogP contribution is -2.40. The highest BCUT2D eigenvalue weighted by Crippen LogP contribution is 2.37. The molecule has 158 valence electrons. The Morgan fingerprint density at radius 2 is 1.77 bits per heavy atom. The first-order valence-corrected chi connectivity index (χ1v) is 11.7. The summed E-state index contributed by atoms with van der Waals surface area (Å²) in [5.74, 6) is 0.427. The van der Waals surface area contributed by atoms with Crippen molar-refractivity contribution in [2.24, 2.45) is 0 Å². The number of nitrogens with one attached hydrogen (secondary N) is 1. The fourth-order valence-corrected chi connectivity index (χ4v) is 5.68. The number of amides is 1. The number of ether oxygens (including phenoxy) is 1. The van der Waals surface area contributed by atoms with E-state index in [1.807, 2.05) is 12.1 Å². The van der Waals surface area contributed by atoms with E-state index in [0.717, 1.165) is 18.4 Å². The van der Waals surface area contributed by atoms with E-state index in [1.54, 1.807) is 36.4 Å². The van der Waals surface area contributed by atoms with Crippen molar-refractivity contribution in [2.45, 2.75) is 49.1 Å². The van der Waals surface area contributed by atoms with Gasteiger partial charge < -0.3 is 10.1 Å². The third-order valence-electron chi connectivity index (χ3n) is 5.72. The Kier molecular flexibility index (Phi) is 5.81. The zero-order valence-corrected chi connectivity index (χ0v) is 17.6. The van der Waals surface area contributed by atoms with Gasteiger partial charge in [0.2, 0.25) is 5.91 Å². The summed E-state index contributed by atoms with van der Waals surface area (Å²) < 4.78 is 34.1. The quantitative estimate of drug-likeness (QED) is 0.710. The zero-order chi connectivity index (χ0) is 21.1. The molecule has 1 amide bonds. The number of benzene rings is 2. The maximum atomic E-state index is 13.4. The Balaban J connectivity index is 1.58. The molecule has 2 aromatic rings. The Labute approximate surface area is 177 Å². The van der Waals surface area contributed by atoms with Gasteiger partial charge in [-0.2, -0.15) is 0 Å². The zero-order valence-electron chi connectivity index (χ0n) is 16.8. The molecule has 1 aliphatic heterocycles. The van der Waals surface area contributed by atoms with Gasteiger partial charge in [-0.1, -0.05) is 24.8 Å². The molecule has 1 heterocycles. The smallest absolute Gasteiger partial charge is 0.264 e. The Bertz CT molecular complexity index is 1030. The third-order valence-corrected chi connectivity index (χ3v) is 7.55. The van der Waals surface area contributed by atoms with Crippen molar-refractivity contribution in [3.05, 3.63) is 66.7 Å². The molecule has 1 N–H and O–H groups in total. The summed E-state index contributed by atoms with van der Waals surface area (Å²) in [7, 11) is -3.73. The summed E-state index contributed by atoms with van der Waals surface area (Å²) in [5, 5.41) is 2.88. The van der Waals surface area contributed by atoms with Crippen LogP contribution in [-0.2, 0) is 14.8 Å². The molecular formula is C23H26N2O4S. The van der Waals surface area contributed by atoms with E-state index in [4.69, 9.17) is 4.74 Å². The van der Waals surface area contributed by atoms with E-state index in [-0.39, 0.29) is 29.5 Å². The molecule has 0 aromatic heterocycles. The van der Waals surface area contributed by atoms with Crippen molar-refractivity contribution >= 4 is 21.6 Å². The highest BCUT2D eigenvalue weighted by atomic mass is 32.2. The molecule has 2 aliphatic rings. The SMILES string of the molecule is C=CC(=O)NC1CCN(S(=O)(=O)c2ccc(OC3CCCC3)cc2)c2ccccc21. The van der Waals surface area contributed by atoms with Gasteiger partial charge in [0, 0.05) is 6.54 Å². The monoisotopic (exact) mass is 426 g/mol. The van der Waals surface area contributed by atoms with Gasteiger partial charge in [-0.05, 0) is 74.1 Å². The van der Waals surface area contributed by atoms with Crippen molar-refractivity contribution in [2.75, 3.05) is 10.8 Å². The number of fused-ring (bicyclic) bond motifs is 1. The highest BCUT2D eigenvalue weighted by molar-refractivity contribution is 7.92. The molecule has 1 unspecified atom stereocenters. The second-order valence-corrected chi connectivity index (χ2v) is 9.55. The normalized spacial score (nSPS) is 19.2.